The molecule has 0 heterocycles. The summed E-state index contributed by atoms with van der Waals surface area (Å²) in [7, 11) is 0. The van der Waals surface area contributed by atoms with E-state index in [9.17, 15) is 4.39 Å². The lowest BCUT2D eigenvalue weighted by atomic mass is 9.89. The highest BCUT2D eigenvalue weighted by atomic mass is 35.5. The third-order valence-corrected chi connectivity index (χ3v) is 4.76. The predicted octanol–water partition coefficient (Wildman–Crippen LogP) is 4.61. The second-order valence-electron chi connectivity index (χ2n) is 6.13. The Kier molecular flexibility index (Phi) is 6.45. The van der Waals surface area contributed by atoms with Gasteiger partial charge in [0.15, 0.2) is 11.6 Å². The molecule has 1 unspecified atom stereocenters. The van der Waals surface area contributed by atoms with Gasteiger partial charge in [-0.25, -0.2) is 4.39 Å². The Labute approximate surface area is 163 Å². The fourth-order valence-corrected chi connectivity index (χ4v) is 3.32. The van der Waals surface area contributed by atoms with Crippen LogP contribution in [-0.4, -0.2) is 24.9 Å². The van der Waals surface area contributed by atoms with Crippen LogP contribution in [0.4, 0.5) is 4.39 Å². The summed E-state index contributed by atoms with van der Waals surface area (Å²) < 4.78 is 20.2. The number of ether oxygens (including phenoxy) is 1. The number of hydrogen-bond donors (Lipinski definition) is 2. The molecule has 0 spiro atoms. The normalized spacial score (nSPS) is 12.0. The lowest BCUT2D eigenvalue weighted by molar-refractivity contribution is 0.196. The van der Waals surface area contributed by atoms with E-state index in [1.165, 1.54) is 6.07 Å². The molecule has 0 radical (unpaired) electrons. The molecule has 3 rings (SSSR count). The lowest BCUT2D eigenvalue weighted by Crippen LogP contribution is -2.14. The highest BCUT2D eigenvalue weighted by molar-refractivity contribution is 6.33. The van der Waals surface area contributed by atoms with Crippen molar-refractivity contribution >= 4 is 11.6 Å². The molecule has 0 amide bonds. The molecule has 27 heavy (non-hydrogen) atoms. The van der Waals surface area contributed by atoms with E-state index >= 15 is 0 Å². The van der Waals surface area contributed by atoms with Crippen LogP contribution >= 0.6 is 11.6 Å². The fraction of sp³-hybridized carbons (Fsp3) is 0.182. The van der Waals surface area contributed by atoms with Gasteiger partial charge in [-0.05, 0) is 29.3 Å². The molecule has 0 bridgehead atoms. The van der Waals surface area contributed by atoms with Gasteiger partial charge in [0, 0.05) is 28.6 Å². The van der Waals surface area contributed by atoms with Crippen LogP contribution in [-0.2, 0) is 0 Å². The molecule has 0 aliphatic rings. The van der Waals surface area contributed by atoms with Gasteiger partial charge in [0.05, 0.1) is 6.61 Å². The summed E-state index contributed by atoms with van der Waals surface area (Å²) in [5, 5.41) is 9.35. The summed E-state index contributed by atoms with van der Waals surface area (Å²) in [5.74, 6) is -0.436. The molecule has 5 heteroatoms. The van der Waals surface area contributed by atoms with Crippen LogP contribution in [0.15, 0.2) is 66.7 Å². The van der Waals surface area contributed by atoms with Crippen molar-refractivity contribution in [2.75, 3.05) is 19.8 Å². The van der Waals surface area contributed by atoms with E-state index in [2.05, 4.69) is 0 Å². The van der Waals surface area contributed by atoms with Gasteiger partial charge in [-0.3, -0.25) is 0 Å². The summed E-state index contributed by atoms with van der Waals surface area (Å²) >= 11 is 6.37. The first-order valence-corrected chi connectivity index (χ1v) is 9.10. The number of rotatable bonds is 7. The molecule has 3 nitrogen and oxygen atoms in total. The van der Waals surface area contributed by atoms with Crippen molar-refractivity contribution in [3.63, 3.8) is 0 Å². The van der Waals surface area contributed by atoms with E-state index in [1.807, 2.05) is 42.5 Å². The average molecular weight is 386 g/mol. The molecule has 0 fully saturated rings. The van der Waals surface area contributed by atoms with E-state index in [0.717, 1.165) is 11.1 Å². The highest BCUT2D eigenvalue weighted by Gasteiger charge is 2.18. The Bertz CT molecular complexity index is 902. The van der Waals surface area contributed by atoms with Gasteiger partial charge >= 0.3 is 0 Å². The molecule has 3 N–H and O–H groups in total. The SMILES string of the molecule is NCC(c1ccccc1)c1ccc(Cl)c(-c2cccc(OCCO)c2F)c1. The zero-order valence-corrected chi connectivity index (χ0v) is 15.5. The van der Waals surface area contributed by atoms with Crippen molar-refractivity contribution in [1.82, 2.24) is 0 Å². The minimum absolute atomic E-state index is 0.0147. The van der Waals surface area contributed by atoms with Crippen molar-refractivity contribution in [3.05, 3.63) is 88.7 Å². The summed E-state index contributed by atoms with van der Waals surface area (Å²) in [6, 6.07) is 20.4. The Morgan fingerprint density at radius 2 is 1.74 bits per heavy atom. The van der Waals surface area contributed by atoms with Gasteiger partial charge in [0.2, 0.25) is 0 Å². The van der Waals surface area contributed by atoms with Crippen molar-refractivity contribution in [1.29, 1.82) is 0 Å². The number of halogens is 2. The summed E-state index contributed by atoms with van der Waals surface area (Å²) in [4.78, 5) is 0. The van der Waals surface area contributed by atoms with Gasteiger partial charge in [-0.15, -0.1) is 0 Å². The third-order valence-electron chi connectivity index (χ3n) is 4.43. The third kappa shape index (κ3) is 4.30. The number of aliphatic hydroxyl groups excluding tert-OH is 1. The van der Waals surface area contributed by atoms with Crippen LogP contribution < -0.4 is 10.5 Å². The standard InChI is InChI=1S/C22H21ClFNO2/c23-20-10-9-16(19(14-25)15-5-2-1-3-6-15)13-18(20)17-7-4-8-21(22(17)24)27-12-11-26/h1-10,13,19,26H,11-12,14,25H2. The Balaban J connectivity index is 2.04. The Morgan fingerprint density at radius 3 is 2.44 bits per heavy atom. The minimum atomic E-state index is -0.506. The van der Waals surface area contributed by atoms with Crippen molar-refractivity contribution < 1.29 is 14.2 Å². The number of benzene rings is 3. The number of aliphatic hydroxyl groups is 1. The Morgan fingerprint density at radius 1 is 0.963 bits per heavy atom. The summed E-state index contributed by atoms with van der Waals surface area (Å²) in [5.41, 5.74) is 9.00. The van der Waals surface area contributed by atoms with Crippen molar-refractivity contribution in [2.45, 2.75) is 5.92 Å². The van der Waals surface area contributed by atoms with Gasteiger partial charge < -0.3 is 15.6 Å². The second kappa shape index (κ2) is 9.00. The van der Waals surface area contributed by atoms with Crippen molar-refractivity contribution in [3.8, 4) is 16.9 Å². The molecule has 140 valence electrons. The van der Waals surface area contributed by atoms with E-state index in [-0.39, 0.29) is 24.9 Å². The molecule has 0 aliphatic carbocycles. The van der Waals surface area contributed by atoms with Crippen molar-refractivity contribution in [2.24, 2.45) is 5.73 Å². The van der Waals surface area contributed by atoms with Gasteiger partial charge in [0.25, 0.3) is 0 Å². The van der Waals surface area contributed by atoms with Crippen LogP contribution in [0, 0.1) is 5.82 Å². The fourth-order valence-electron chi connectivity index (χ4n) is 3.10. The molecule has 3 aromatic carbocycles. The maximum Gasteiger partial charge on any atom is 0.172 e. The number of nitrogens with two attached hydrogens (primary N) is 1. The molecule has 0 saturated carbocycles. The quantitative estimate of drug-likeness (QED) is 0.624. The second-order valence-corrected chi connectivity index (χ2v) is 6.54. The molecule has 0 saturated heterocycles. The molecule has 0 aromatic heterocycles. The van der Waals surface area contributed by atoms with E-state index in [4.69, 9.17) is 27.2 Å². The smallest absolute Gasteiger partial charge is 0.172 e. The lowest BCUT2D eigenvalue weighted by Gasteiger charge is -2.18. The highest BCUT2D eigenvalue weighted by Crippen LogP contribution is 2.36. The van der Waals surface area contributed by atoms with Crippen LogP contribution in [0.1, 0.15) is 17.0 Å². The largest absolute Gasteiger partial charge is 0.488 e. The van der Waals surface area contributed by atoms with Gasteiger partial charge in [0.1, 0.15) is 6.61 Å². The topological polar surface area (TPSA) is 55.5 Å². The van der Waals surface area contributed by atoms with Crippen LogP contribution in [0.3, 0.4) is 0 Å². The molecule has 1 atom stereocenters. The summed E-state index contributed by atoms with van der Waals surface area (Å²) in [6.45, 7) is 0.264. The van der Waals surface area contributed by atoms with E-state index < -0.39 is 5.82 Å². The van der Waals surface area contributed by atoms with Gasteiger partial charge in [-0.1, -0.05) is 60.1 Å². The first kappa shape index (κ1) is 19.4. The molecule has 0 aliphatic heterocycles. The average Bonchev–Trinajstić information content (AvgIpc) is 2.70. The maximum absolute atomic E-state index is 14.9. The molecule has 3 aromatic rings. The van der Waals surface area contributed by atoms with Gasteiger partial charge in [-0.2, -0.15) is 0 Å². The number of hydrogen-bond acceptors (Lipinski definition) is 3. The molecular formula is C22H21ClFNO2. The first-order valence-electron chi connectivity index (χ1n) is 8.72. The Hall–Kier alpha value is -2.40. The van der Waals surface area contributed by atoms with Crippen LogP contribution in [0.25, 0.3) is 11.1 Å². The van der Waals surface area contributed by atoms with E-state index in [0.29, 0.717) is 22.7 Å². The zero-order chi connectivity index (χ0) is 19.2. The predicted molar refractivity (Wildman–Crippen MR) is 107 cm³/mol. The van der Waals surface area contributed by atoms with Crippen LogP contribution in [0.5, 0.6) is 5.75 Å². The monoisotopic (exact) mass is 385 g/mol. The van der Waals surface area contributed by atoms with E-state index in [1.54, 1.807) is 18.2 Å². The zero-order valence-electron chi connectivity index (χ0n) is 14.7. The van der Waals surface area contributed by atoms with Crippen LogP contribution in [0.2, 0.25) is 5.02 Å². The first-order chi connectivity index (χ1) is 13.2. The summed E-state index contributed by atoms with van der Waals surface area (Å²) in [6.07, 6.45) is 0. The molecular weight excluding hydrogens is 365 g/mol. The minimum Gasteiger partial charge on any atom is -0.488 e. The maximum atomic E-state index is 14.9.